The van der Waals surface area contributed by atoms with Gasteiger partial charge in [0, 0.05) is 18.1 Å². The molecule has 1 unspecified atom stereocenters. The number of carbonyl (C=O) groups is 1. The smallest absolute Gasteiger partial charge is 0.549 e. The van der Waals surface area contributed by atoms with E-state index in [0.29, 0.717) is 6.42 Å². The summed E-state index contributed by atoms with van der Waals surface area (Å²) in [6.07, 6.45) is 14.0. The van der Waals surface area contributed by atoms with E-state index in [-0.39, 0.29) is 29.6 Å². The van der Waals surface area contributed by atoms with Crippen LogP contribution in [0, 0.1) is 11.3 Å². The Hall–Kier alpha value is 0.140. The predicted octanol–water partition coefficient (Wildman–Crippen LogP) is 0.317. The minimum absolute atomic E-state index is 0. The van der Waals surface area contributed by atoms with Gasteiger partial charge in [-0.05, 0) is 6.42 Å². The van der Waals surface area contributed by atoms with Crippen LogP contribution in [0.5, 0.6) is 0 Å². The van der Waals surface area contributed by atoms with Gasteiger partial charge in [0.2, 0.25) is 0 Å². The van der Waals surface area contributed by atoms with Gasteiger partial charge >= 0.3 is 29.6 Å². The van der Waals surface area contributed by atoms with E-state index in [4.69, 9.17) is 5.41 Å². The van der Waals surface area contributed by atoms with Gasteiger partial charge in [-0.2, -0.15) is 0 Å². The molecule has 106 valence electrons. The van der Waals surface area contributed by atoms with Crippen LogP contribution in [-0.2, 0) is 4.79 Å². The van der Waals surface area contributed by atoms with Gasteiger partial charge in [0.1, 0.15) is 0 Å². The molecule has 0 aromatic rings. The van der Waals surface area contributed by atoms with Gasteiger partial charge in [0.15, 0.2) is 0 Å². The number of nitrogens with one attached hydrogen (secondary N) is 1. The Kier molecular flexibility index (Phi) is 18.3. The van der Waals surface area contributed by atoms with Crippen LogP contribution < -0.4 is 34.7 Å². The summed E-state index contributed by atoms with van der Waals surface area (Å²) in [5.41, 5.74) is 0. The number of unbranched alkanes of at least 4 members (excludes halogenated alkanes) is 9. The van der Waals surface area contributed by atoms with Crippen molar-refractivity contribution >= 4 is 12.2 Å². The molecule has 0 aliphatic rings. The van der Waals surface area contributed by atoms with Gasteiger partial charge in [-0.1, -0.05) is 71.1 Å². The number of carboxylic acid groups (broad SMARTS) is 1. The molecule has 1 N–H and O–H groups in total. The van der Waals surface area contributed by atoms with Crippen LogP contribution in [0.25, 0.3) is 0 Å². The number of hydrogen-bond donors (Lipinski definition) is 1. The molecule has 0 rings (SSSR count). The first-order valence-corrected chi connectivity index (χ1v) is 7.43. The summed E-state index contributed by atoms with van der Waals surface area (Å²) >= 11 is 0. The third kappa shape index (κ3) is 14.4. The van der Waals surface area contributed by atoms with Crippen LogP contribution in [0.1, 0.15) is 77.6 Å². The van der Waals surface area contributed by atoms with E-state index in [1.54, 1.807) is 0 Å². The molecule has 4 heteroatoms. The molecule has 0 heterocycles. The van der Waals surface area contributed by atoms with Crippen LogP contribution in [0.3, 0.4) is 0 Å². The first-order valence-electron chi connectivity index (χ1n) is 7.43. The summed E-state index contributed by atoms with van der Waals surface area (Å²) in [6, 6.07) is 0. The Balaban J connectivity index is 0. The molecule has 1 atom stereocenters. The zero-order chi connectivity index (χ0) is 13.6. The van der Waals surface area contributed by atoms with Crippen LogP contribution in [0.2, 0.25) is 0 Å². The maximum Gasteiger partial charge on any atom is 1.00 e. The number of carboxylic acids is 1. The molecule has 0 amide bonds. The van der Waals surface area contributed by atoms with E-state index in [0.717, 1.165) is 19.1 Å². The Morgan fingerprint density at radius 3 is 1.79 bits per heavy atom. The molecule has 0 saturated heterocycles. The molecule has 0 spiro atoms. The topological polar surface area (TPSA) is 64.0 Å². The first-order chi connectivity index (χ1) is 8.72. The number of aliphatic carboxylic acids is 1. The normalized spacial score (nSPS) is 11.6. The fraction of sp³-hybridized carbons (Fsp3) is 0.867. The van der Waals surface area contributed by atoms with Crippen molar-refractivity contribution in [3.05, 3.63) is 0 Å². The average molecular weight is 277 g/mol. The van der Waals surface area contributed by atoms with E-state index >= 15 is 0 Å². The van der Waals surface area contributed by atoms with Crippen LogP contribution in [-0.4, -0.2) is 12.2 Å². The van der Waals surface area contributed by atoms with Crippen molar-refractivity contribution in [3.63, 3.8) is 0 Å². The molecule has 0 radical (unpaired) electrons. The van der Waals surface area contributed by atoms with Crippen molar-refractivity contribution < 1.29 is 39.5 Å². The summed E-state index contributed by atoms with van der Waals surface area (Å²) < 4.78 is 0. The number of carbonyl (C=O) groups excluding carboxylic acids is 1. The quantitative estimate of drug-likeness (QED) is 0.299. The van der Waals surface area contributed by atoms with Gasteiger partial charge < -0.3 is 15.3 Å². The Bertz CT molecular complexity index is 222. The zero-order valence-electron chi connectivity index (χ0n) is 12.7. The Morgan fingerprint density at radius 2 is 1.42 bits per heavy atom. The molecular formula is C15H28NNaO2. The fourth-order valence-corrected chi connectivity index (χ4v) is 2.12. The largest absolute Gasteiger partial charge is 1.00 e. The SMILES string of the molecule is CCCCCCCCCCCCC(C=N)C(=O)[O-].[Na+]. The zero-order valence-corrected chi connectivity index (χ0v) is 14.7. The fourth-order valence-electron chi connectivity index (χ4n) is 2.12. The second-order valence-corrected chi connectivity index (χ2v) is 5.06. The average Bonchev–Trinajstić information content (AvgIpc) is 2.35. The van der Waals surface area contributed by atoms with Gasteiger partial charge in [0.25, 0.3) is 0 Å². The van der Waals surface area contributed by atoms with Crippen molar-refractivity contribution in [2.24, 2.45) is 5.92 Å². The minimum Gasteiger partial charge on any atom is -0.549 e. The van der Waals surface area contributed by atoms with E-state index < -0.39 is 11.9 Å². The molecule has 0 bridgehead atoms. The number of hydrogen-bond acceptors (Lipinski definition) is 3. The van der Waals surface area contributed by atoms with Crippen molar-refractivity contribution in [1.29, 1.82) is 5.41 Å². The van der Waals surface area contributed by atoms with Crippen LogP contribution in [0.15, 0.2) is 0 Å². The Labute approximate surface area is 140 Å². The van der Waals surface area contributed by atoms with Crippen LogP contribution >= 0.6 is 0 Å². The molecule has 0 aliphatic heterocycles. The minimum atomic E-state index is -1.11. The van der Waals surface area contributed by atoms with Crippen molar-refractivity contribution in [2.75, 3.05) is 0 Å². The summed E-state index contributed by atoms with van der Waals surface area (Å²) in [6.45, 7) is 2.23. The summed E-state index contributed by atoms with van der Waals surface area (Å²) in [7, 11) is 0. The van der Waals surface area contributed by atoms with Crippen molar-refractivity contribution in [1.82, 2.24) is 0 Å². The standard InChI is InChI=1S/C15H29NO2.Na/c1-2-3-4-5-6-7-8-9-10-11-12-14(13-16)15(17)18;/h13-14,16H,2-12H2,1H3,(H,17,18);/q;+1/p-1. The van der Waals surface area contributed by atoms with Gasteiger partial charge in [-0.3, -0.25) is 0 Å². The van der Waals surface area contributed by atoms with Crippen molar-refractivity contribution in [2.45, 2.75) is 77.6 Å². The molecule has 0 aromatic carbocycles. The summed E-state index contributed by atoms with van der Waals surface area (Å²) in [5.74, 6) is -1.79. The summed E-state index contributed by atoms with van der Waals surface area (Å²) in [4.78, 5) is 10.6. The molecule has 0 saturated carbocycles. The van der Waals surface area contributed by atoms with Crippen LogP contribution in [0.4, 0.5) is 0 Å². The number of rotatable bonds is 13. The predicted molar refractivity (Wildman–Crippen MR) is 73.7 cm³/mol. The first kappa shape index (κ1) is 21.4. The maximum atomic E-state index is 10.6. The molecule has 0 aromatic heterocycles. The second kappa shape index (κ2) is 16.2. The van der Waals surface area contributed by atoms with E-state index in [1.807, 2.05) is 0 Å². The maximum absolute atomic E-state index is 10.6. The van der Waals surface area contributed by atoms with E-state index in [2.05, 4.69) is 6.92 Å². The van der Waals surface area contributed by atoms with Gasteiger partial charge in [0.05, 0.1) is 0 Å². The second-order valence-electron chi connectivity index (χ2n) is 5.06. The molecule has 3 nitrogen and oxygen atoms in total. The van der Waals surface area contributed by atoms with Crippen molar-refractivity contribution in [3.8, 4) is 0 Å². The molecule has 0 aliphatic carbocycles. The molecule has 0 fully saturated rings. The molecular weight excluding hydrogens is 249 g/mol. The van der Waals surface area contributed by atoms with Gasteiger partial charge in [-0.15, -0.1) is 0 Å². The van der Waals surface area contributed by atoms with E-state index in [1.165, 1.54) is 51.4 Å². The van der Waals surface area contributed by atoms with E-state index in [9.17, 15) is 9.90 Å². The third-order valence-corrected chi connectivity index (χ3v) is 3.37. The third-order valence-electron chi connectivity index (χ3n) is 3.37. The monoisotopic (exact) mass is 277 g/mol. The Morgan fingerprint density at radius 1 is 1.00 bits per heavy atom. The van der Waals surface area contributed by atoms with Gasteiger partial charge in [-0.25, -0.2) is 0 Å². The summed E-state index contributed by atoms with van der Waals surface area (Å²) in [5, 5.41) is 17.5. The molecule has 19 heavy (non-hydrogen) atoms.